The summed E-state index contributed by atoms with van der Waals surface area (Å²) in [5, 5.41) is 8.09. The molecule has 0 atom stereocenters. The topological polar surface area (TPSA) is 76.3 Å². The lowest BCUT2D eigenvalue weighted by molar-refractivity contribution is 0.509. The minimum absolute atomic E-state index is 0.248. The highest BCUT2D eigenvalue weighted by Gasteiger charge is 2.30. The number of thiophene rings is 1. The molecular formula is C17H17N3O3S2. The Morgan fingerprint density at radius 3 is 2.72 bits per heavy atom. The molecule has 3 aromatic rings. The van der Waals surface area contributed by atoms with Gasteiger partial charge in [-0.05, 0) is 49.6 Å². The highest BCUT2D eigenvalue weighted by atomic mass is 32.2. The maximum Gasteiger partial charge on any atom is 0.273 e. The Morgan fingerprint density at radius 2 is 2.00 bits per heavy atom. The molecule has 0 unspecified atom stereocenters. The molecule has 25 heavy (non-hydrogen) atoms. The van der Waals surface area contributed by atoms with Crippen molar-refractivity contribution >= 4 is 27.0 Å². The zero-order valence-corrected chi connectivity index (χ0v) is 15.5. The molecule has 4 rings (SSSR count). The largest absolute Gasteiger partial charge is 0.420 e. The Morgan fingerprint density at radius 1 is 1.20 bits per heavy atom. The zero-order chi connectivity index (χ0) is 17.6. The van der Waals surface area contributed by atoms with E-state index in [1.165, 1.54) is 4.31 Å². The van der Waals surface area contributed by atoms with Crippen LogP contribution in [0.1, 0.15) is 30.2 Å². The van der Waals surface area contributed by atoms with Crippen LogP contribution in [-0.4, -0.2) is 25.7 Å². The molecule has 0 amide bonds. The van der Waals surface area contributed by atoms with E-state index in [2.05, 4.69) is 10.2 Å². The van der Waals surface area contributed by atoms with Gasteiger partial charge in [-0.1, -0.05) is 12.1 Å². The first-order valence-electron chi connectivity index (χ1n) is 7.94. The van der Waals surface area contributed by atoms with E-state index in [0.29, 0.717) is 28.3 Å². The van der Waals surface area contributed by atoms with E-state index in [0.717, 1.165) is 29.7 Å². The van der Waals surface area contributed by atoms with E-state index in [4.69, 9.17) is 4.42 Å². The Kier molecular flexibility index (Phi) is 3.88. The van der Waals surface area contributed by atoms with Gasteiger partial charge in [0, 0.05) is 13.0 Å². The number of hydrogen-bond acceptors (Lipinski definition) is 6. The van der Waals surface area contributed by atoms with E-state index in [1.54, 1.807) is 25.2 Å². The van der Waals surface area contributed by atoms with Crippen molar-refractivity contribution in [2.75, 3.05) is 11.4 Å². The number of aromatic nitrogens is 2. The van der Waals surface area contributed by atoms with Crippen LogP contribution < -0.4 is 4.31 Å². The van der Waals surface area contributed by atoms with Crippen molar-refractivity contribution in [1.29, 1.82) is 0 Å². The van der Waals surface area contributed by atoms with Gasteiger partial charge >= 0.3 is 0 Å². The van der Waals surface area contributed by atoms with Gasteiger partial charge in [0.1, 0.15) is 4.21 Å². The fourth-order valence-electron chi connectivity index (χ4n) is 2.50. The molecule has 0 radical (unpaired) electrons. The molecule has 0 bridgehead atoms. The highest BCUT2D eigenvalue weighted by Crippen LogP contribution is 2.41. The van der Waals surface area contributed by atoms with Gasteiger partial charge in [-0.3, -0.25) is 4.31 Å². The third-order valence-corrected chi connectivity index (χ3v) is 7.47. The summed E-state index contributed by atoms with van der Waals surface area (Å²) in [6.45, 7) is 1.93. The number of benzene rings is 1. The molecule has 1 aliphatic carbocycles. The van der Waals surface area contributed by atoms with Gasteiger partial charge < -0.3 is 4.42 Å². The summed E-state index contributed by atoms with van der Waals surface area (Å²) in [7, 11) is -2.07. The van der Waals surface area contributed by atoms with Crippen LogP contribution in [-0.2, 0) is 10.0 Å². The summed E-state index contributed by atoms with van der Waals surface area (Å²) < 4.78 is 33.0. The number of aryl methyl sites for hydroxylation is 1. The van der Waals surface area contributed by atoms with Crippen LogP contribution in [0.2, 0.25) is 0 Å². The summed E-state index contributed by atoms with van der Waals surface area (Å²) in [4.78, 5) is 0.663. The molecule has 2 heterocycles. The van der Waals surface area contributed by atoms with E-state index in [1.807, 2.05) is 25.1 Å². The monoisotopic (exact) mass is 375 g/mol. The highest BCUT2D eigenvalue weighted by molar-refractivity contribution is 7.94. The van der Waals surface area contributed by atoms with E-state index >= 15 is 0 Å². The first-order valence-corrected chi connectivity index (χ1v) is 10.2. The maximum atomic E-state index is 12.9. The fourth-order valence-corrected chi connectivity index (χ4v) is 5.09. The van der Waals surface area contributed by atoms with Crippen LogP contribution in [0.5, 0.6) is 0 Å². The minimum atomic E-state index is -3.63. The second kappa shape index (κ2) is 5.96. The molecule has 6 nitrogen and oxygen atoms in total. The first-order chi connectivity index (χ1) is 11.9. The van der Waals surface area contributed by atoms with Gasteiger partial charge in [-0.2, -0.15) is 0 Å². The van der Waals surface area contributed by atoms with Crippen LogP contribution in [0.4, 0.5) is 5.69 Å². The average molecular weight is 375 g/mol. The van der Waals surface area contributed by atoms with Gasteiger partial charge in [-0.25, -0.2) is 8.42 Å². The number of nitrogens with zero attached hydrogens (tertiary/aromatic N) is 3. The first kappa shape index (κ1) is 16.3. The summed E-state index contributed by atoms with van der Waals surface area (Å²) >= 11 is 1.14. The smallest absolute Gasteiger partial charge is 0.273 e. The van der Waals surface area contributed by atoms with Crippen LogP contribution in [0, 0.1) is 6.92 Å². The van der Waals surface area contributed by atoms with E-state index in [9.17, 15) is 8.42 Å². The molecule has 1 aromatic carbocycles. The van der Waals surface area contributed by atoms with Crippen LogP contribution in [0.15, 0.2) is 45.0 Å². The molecule has 0 spiro atoms. The SMILES string of the molecule is Cc1cccc(N(C)S(=O)(=O)c2ccc(-c3nnc(C4CC4)o3)s2)c1. The predicted octanol–water partition coefficient (Wildman–Crippen LogP) is 3.81. The summed E-state index contributed by atoms with van der Waals surface area (Å²) in [5.41, 5.74) is 1.63. The molecule has 2 aromatic heterocycles. The van der Waals surface area contributed by atoms with Crippen molar-refractivity contribution in [2.45, 2.75) is 29.9 Å². The van der Waals surface area contributed by atoms with Gasteiger partial charge in [0.2, 0.25) is 5.89 Å². The number of sulfonamides is 1. The molecule has 0 N–H and O–H groups in total. The minimum Gasteiger partial charge on any atom is -0.420 e. The fraction of sp³-hybridized carbons (Fsp3) is 0.294. The normalized spacial score (nSPS) is 14.6. The molecular weight excluding hydrogens is 358 g/mol. The molecule has 130 valence electrons. The predicted molar refractivity (Wildman–Crippen MR) is 96.4 cm³/mol. The van der Waals surface area contributed by atoms with Crippen molar-refractivity contribution in [2.24, 2.45) is 0 Å². The molecule has 0 saturated heterocycles. The van der Waals surface area contributed by atoms with Crippen molar-refractivity contribution in [1.82, 2.24) is 10.2 Å². The maximum absolute atomic E-state index is 12.9. The molecule has 1 aliphatic rings. The van der Waals surface area contributed by atoms with Gasteiger partial charge in [0.25, 0.3) is 15.9 Å². The van der Waals surface area contributed by atoms with Crippen LogP contribution >= 0.6 is 11.3 Å². The summed E-state index contributed by atoms with van der Waals surface area (Å²) in [6, 6.07) is 10.7. The van der Waals surface area contributed by atoms with E-state index < -0.39 is 10.0 Å². The second-order valence-corrected chi connectivity index (χ2v) is 9.43. The quantitative estimate of drug-likeness (QED) is 0.678. The standard InChI is InChI=1S/C17H17N3O3S2/c1-11-4-3-5-13(10-11)20(2)25(21,22)15-9-8-14(24-15)17-19-18-16(23-17)12-6-7-12/h3-5,8-10,12H,6-7H2,1-2H3. The lowest BCUT2D eigenvalue weighted by Gasteiger charge is -2.18. The molecule has 1 fully saturated rings. The zero-order valence-electron chi connectivity index (χ0n) is 13.8. The molecule has 8 heteroatoms. The number of rotatable bonds is 5. The lowest BCUT2D eigenvalue weighted by Crippen LogP contribution is -2.25. The Balaban J connectivity index is 1.63. The van der Waals surface area contributed by atoms with Crippen molar-refractivity contribution in [3.05, 3.63) is 47.9 Å². The van der Waals surface area contributed by atoms with Crippen molar-refractivity contribution < 1.29 is 12.8 Å². The Labute approximate surface area is 150 Å². The number of anilines is 1. The lowest BCUT2D eigenvalue weighted by atomic mass is 10.2. The van der Waals surface area contributed by atoms with E-state index in [-0.39, 0.29) is 4.21 Å². The molecule has 1 saturated carbocycles. The van der Waals surface area contributed by atoms with Gasteiger partial charge in [0.15, 0.2) is 0 Å². The summed E-state index contributed by atoms with van der Waals surface area (Å²) in [5.74, 6) is 1.40. The average Bonchev–Trinajstić information content (AvgIpc) is 3.12. The van der Waals surface area contributed by atoms with Crippen molar-refractivity contribution in [3.8, 4) is 10.8 Å². The number of hydrogen-bond donors (Lipinski definition) is 0. The van der Waals surface area contributed by atoms with Crippen LogP contribution in [0.25, 0.3) is 10.8 Å². The Hall–Kier alpha value is -2.19. The summed E-state index contributed by atoms with van der Waals surface area (Å²) in [6.07, 6.45) is 2.15. The third-order valence-electron chi connectivity index (χ3n) is 4.14. The van der Waals surface area contributed by atoms with Gasteiger partial charge in [-0.15, -0.1) is 21.5 Å². The Bertz CT molecular complexity index is 1020. The van der Waals surface area contributed by atoms with Crippen LogP contribution in [0.3, 0.4) is 0 Å². The third kappa shape index (κ3) is 3.07. The molecule has 0 aliphatic heterocycles. The van der Waals surface area contributed by atoms with Crippen molar-refractivity contribution in [3.63, 3.8) is 0 Å². The van der Waals surface area contributed by atoms with Gasteiger partial charge in [0.05, 0.1) is 10.6 Å². The second-order valence-electron chi connectivity index (χ2n) is 6.15.